The normalized spacial score (nSPS) is 16.1. The van der Waals surface area contributed by atoms with Gasteiger partial charge in [-0.05, 0) is 59.0 Å². The molecule has 1 aliphatic rings. The summed E-state index contributed by atoms with van der Waals surface area (Å²) in [6.07, 6.45) is -5.61. The summed E-state index contributed by atoms with van der Waals surface area (Å²) in [6, 6.07) is 17.2. The maximum atomic E-state index is 13.7. The van der Waals surface area contributed by atoms with E-state index in [9.17, 15) is 18.0 Å². The van der Waals surface area contributed by atoms with Crippen molar-refractivity contribution in [2.75, 3.05) is 17.3 Å². The van der Waals surface area contributed by atoms with Gasteiger partial charge in [-0.3, -0.25) is 9.69 Å². The van der Waals surface area contributed by atoms with E-state index in [4.69, 9.17) is 4.74 Å². The largest absolute Gasteiger partial charge is 0.497 e. The first-order valence-electron chi connectivity index (χ1n) is 8.99. The third kappa shape index (κ3) is 3.71. The standard InChI is InChI=1S/C22H16F3IN2O2/c1-30-15-6-4-5-14(12-15)28-20(16-7-2-3-8-18(16)22(23,24)25)27-19-10-9-13(26)11-17(19)21(28)29/h2-12,20,27H,1H3/t20-/m0/s1. The van der Waals surface area contributed by atoms with Crippen LogP contribution in [0.15, 0.2) is 66.7 Å². The molecule has 0 aromatic heterocycles. The summed E-state index contributed by atoms with van der Waals surface area (Å²) in [5, 5.41) is 3.13. The lowest BCUT2D eigenvalue weighted by Crippen LogP contribution is -2.44. The number of hydrogen-bond acceptors (Lipinski definition) is 3. The number of nitrogens with zero attached hydrogens (tertiary/aromatic N) is 1. The first-order valence-corrected chi connectivity index (χ1v) is 10.1. The second-order valence-corrected chi connectivity index (χ2v) is 7.94. The molecule has 0 unspecified atom stereocenters. The Balaban J connectivity index is 1.93. The maximum Gasteiger partial charge on any atom is 0.416 e. The fraction of sp³-hybridized carbons (Fsp3) is 0.136. The summed E-state index contributed by atoms with van der Waals surface area (Å²) in [5.41, 5.74) is 0.480. The van der Waals surface area contributed by atoms with E-state index in [0.717, 1.165) is 9.64 Å². The molecule has 0 saturated heterocycles. The molecular formula is C22H16F3IN2O2. The zero-order valence-corrected chi connectivity index (χ0v) is 17.9. The van der Waals surface area contributed by atoms with Gasteiger partial charge in [-0.25, -0.2) is 0 Å². The molecule has 0 saturated carbocycles. The topological polar surface area (TPSA) is 41.6 Å². The first-order chi connectivity index (χ1) is 14.3. The van der Waals surface area contributed by atoms with Crippen LogP contribution in [0, 0.1) is 3.57 Å². The van der Waals surface area contributed by atoms with E-state index < -0.39 is 23.8 Å². The van der Waals surface area contributed by atoms with Gasteiger partial charge in [0.1, 0.15) is 11.9 Å². The average Bonchev–Trinajstić information content (AvgIpc) is 2.73. The van der Waals surface area contributed by atoms with Crippen molar-refractivity contribution in [2.24, 2.45) is 0 Å². The summed E-state index contributed by atoms with van der Waals surface area (Å²) < 4.78 is 47.3. The number of amides is 1. The van der Waals surface area contributed by atoms with Crippen LogP contribution in [0.3, 0.4) is 0 Å². The number of carbonyl (C=O) groups is 1. The number of carbonyl (C=O) groups excluding carboxylic acids is 1. The fourth-order valence-electron chi connectivity index (χ4n) is 3.52. The van der Waals surface area contributed by atoms with E-state index in [2.05, 4.69) is 27.9 Å². The highest BCUT2D eigenvalue weighted by molar-refractivity contribution is 14.1. The summed E-state index contributed by atoms with van der Waals surface area (Å²) in [4.78, 5) is 14.8. The van der Waals surface area contributed by atoms with Crippen LogP contribution >= 0.6 is 22.6 Å². The molecule has 4 rings (SSSR count). The molecule has 0 bridgehead atoms. The summed E-state index contributed by atoms with van der Waals surface area (Å²) in [5.74, 6) is 0.106. The molecule has 8 heteroatoms. The van der Waals surface area contributed by atoms with Crippen molar-refractivity contribution >= 4 is 39.9 Å². The highest BCUT2D eigenvalue weighted by atomic mass is 127. The average molecular weight is 524 g/mol. The lowest BCUT2D eigenvalue weighted by Gasteiger charge is -2.39. The third-order valence-electron chi connectivity index (χ3n) is 4.87. The van der Waals surface area contributed by atoms with Crippen molar-refractivity contribution in [3.8, 4) is 5.75 Å². The van der Waals surface area contributed by atoms with Gasteiger partial charge >= 0.3 is 6.18 Å². The van der Waals surface area contributed by atoms with Crippen LogP contribution in [0.2, 0.25) is 0 Å². The number of fused-ring (bicyclic) bond motifs is 1. The van der Waals surface area contributed by atoms with Gasteiger partial charge in [-0.2, -0.15) is 13.2 Å². The SMILES string of the molecule is COc1cccc(N2C(=O)c3cc(I)ccc3N[C@@H]2c2ccccc2C(F)(F)F)c1. The Morgan fingerprint density at radius 1 is 1.03 bits per heavy atom. The molecule has 4 nitrogen and oxygen atoms in total. The van der Waals surface area contributed by atoms with Gasteiger partial charge in [0, 0.05) is 20.9 Å². The second kappa shape index (κ2) is 7.82. The van der Waals surface area contributed by atoms with Gasteiger partial charge < -0.3 is 10.1 Å². The zero-order chi connectivity index (χ0) is 21.5. The molecule has 1 aliphatic heterocycles. The highest BCUT2D eigenvalue weighted by Crippen LogP contribution is 2.42. The Kier molecular flexibility index (Phi) is 5.35. The van der Waals surface area contributed by atoms with E-state index in [1.165, 1.54) is 30.2 Å². The Morgan fingerprint density at radius 2 is 1.80 bits per heavy atom. The van der Waals surface area contributed by atoms with Gasteiger partial charge in [0.2, 0.25) is 0 Å². The Labute approximate surface area is 184 Å². The molecule has 0 spiro atoms. The Hall–Kier alpha value is -2.75. The summed E-state index contributed by atoms with van der Waals surface area (Å²) >= 11 is 2.09. The van der Waals surface area contributed by atoms with Crippen molar-refractivity contribution in [1.29, 1.82) is 0 Å². The van der Waals surface area contributed by atoms with Crippen molar-refractivity contribution in [3.63, 3.8) is 0 Å². The van der Waals surface area contributed by atoms with Gasteiger partial charge in [0.15, 0.2) is 0 Å². The molecule has 30 heavy (non-hydrogen) atoms. The number of anilines is 2. The van der Waals surface area contributed by atoms with Crippen LogP contribution in [0.4, 0.5) is 24.5 Å². The van der Waals surface area contributed by atoms with Gasteiger partial charge in [-0.1, -0.05) is 24.3 Å². The van der Waals surface area contributed by atoms with Crippen molar-refractivity contribution in [2.45, 2.75) is 12.3 Å². The maximum absolute atomic E-state index is 13.7. The lowest BCUT2D eigenvalue weighted by molar-refractivity contribution is -0.138. The molecule has 0 radical (unpaired) electrons. The first kappa shape index (κ1) is 20.5. The van der Waals surface area contributed by atoms with Gasteiger partial charge in [0.25, 0.3) is 5.91 Å². The minimum Gasteiger partial charge on any atom is -0.497 e. The van der Waals surface area contributed by atoms with Gasteiger partial charge in [-0.15, -0.1) is 0 Å². The van der Waals surface area contributed by atoms with E-state index in [1.807, 2.05) is 0 Å². The summed E-state index contributed by atoms with van der Waals surface area (Å²) in [6.45, 7) is 0. The monoisotopic (exact) mass is 524 g/mol. The van der Waals surface area contributed by atoms with E-state index in [1.54, 1.807) is 42.5 Å². The fourth-order valence-corrected chi connectivity index (χ4v) is 4.01. The van der Waals surface area contributed by atoms with Crippen molar-refractivity contribution in [3.05, 3.63) is 87.0 Å². The number of ether oxygens (including phenoxy) is 1. The molecule has 1 atom stereocenters. The zero-order valence-electron chi connectivity index (χ0n) is 15.7. The second-order valence-electron chi connectivity index (χ2n) is 6.70. The minimum absolute atomic E-state index is 0.0367. The molecule has 3 aromatic carbocycles. The van der Waals surface area contributed by atoms with Crippen LogP contribution in [-0.4, -0.2) is 13.0 Å². The number of benzene rings is 3. The van der Waals surface area contributed by atoms with Crippen LogP contribution in [0.5, 0.6) is 5.75 Å². The highest BCUT2D eigenvalue weighted by Gasteiger charge is 2.40. The molecule has 1 amide bonds. The number of hydrogen-bond donors (Lipinski definition) is 1. The molecule has 0 aliphatic carbocycles. The van der Waals surface area contributed by atoms with Crippen LogP contribution < -0.4 is 15.0 Å². The van der Waals surface area contributed by atoms with Crippen LogP contribution in [-0.2, 0) is 6.18 Å². The van der Waals surface area contributed by atoms with Gasteiger partial charge in [0.05, 0.1) is 23.9 Å². The number of methoxy groups -OCH3 is 1. The predicted molar refractivity (Wildman–Crippen MR) is 117 cm³/mol. The molecular weight excluding hydrogens is 508 g/mol. The molecule has 3 aromatic rings. The van der Waals surface area contributed by atoms with Crippen molar-refractivity contribution in [1.82, 2.24) is 0 Å². The third-order valence-corrected chi connectivity index (χ3v) is 5.54. The Morgan fingerprint density at radius 3 is 2.53 bits per heavy atom. The summed E-state index contributed by atoms with van der Waals surface area (Å²) in [7, 11) is 1.49. The van der Waals surface area contributed by atoms with E-state index in [0.29, 0.717) is 22.7 Å². The smallest absolute Gasteiger partial charge is 0.416 e. The number of nitrogens with one attached hydrogen (secondary N) is 1. The molecule has 154 valence electrons. The minimum atomic E-state index is -4.56. The lowest BCUT2D eigenvalue weighted by atomic mass is 9.98. The quantitative estimate of drug-likeness (QED) is 0.422. The molecule has 1 N–H and O–H groups in total. The van der Waals surface area contributed by atoms with E-state index in [-0.39, 0.29) is 5.56 Å². The predicted octanol–water partition coefficient (Wildman–Crippen LogP) is 6.09. The van der Waals surface area contributed by atoms with E-state index >= 15 is 0 Å². The van der Waals surface area contributed by atoms with Crippen LogP contribution in [0.1, 0.15) is 27.7 Å². The molecule has 0 fully saturated rings. The van der Waals surface area contributed by atoms with Crippen LogP contribution in [0.25, 0.3) is 0 Å². The van der Waals surface area contributed by atoms with Crippen molar-refractivity contribution < 1.29 is 22.7 Å². The number of halogens is 4. The molecule has 1 heterocycles. The Bertz CT molecular complexity index is 1120. The number of rotatable bonds is 3. The number of alkyl halides is 3.